The third-order valence-corrected chi connectivity index (χ3v) is 7.50. The molecule has 3 atom stereocenters. The van der Waals surface area contributed by atoms with Crippen molar-refractivity contribution in [2.45, 2.75) is 44.9 Å². The second-order valence-corrected chi connectivity index (χ2v) is 11.2. The zero-order valence-electron chi connectivity index (χ0n) is 26.5. The molecule has 0 saturated heterocycles. The summed E-state index contributed by atoms with van der Waals surface area (Å²) in [5.74, 6) is -2.13. The van der Waals surface area contributed by atoms with Gasteiger partial charge in [-0.2, -0.15) is 0 Å². The molecule has 46 heavy (non-hydrogen) atoms. The highest BCUT2D eigenvalue weighted by atomic mass is 16.5. The predicted molar refractivity (Wildman–Crippen MR) is 179 cm³/mol. The lowest BCUT2D eigenvalue weighted by Gasteiger charge is -2.26. The Bertz CT molecular complexity index is 1350. The van der Waals surface area contributed by atoms with E-state index in [0.29, 0.717) is 26.0 Å². The number of rotatable bonds is 21. The number of aliphatic hydroxyl groups is 1. The molecule has 3 rings (SSSR count). The number of amides is 2. The van der Waals surface area contributed by atoms with E-state index >= 15 is 0 Å². The van der Waals surface area contributed by atoms with E-state index in [4.69, 9.17) is 9.47 Å². The highest BCUT2D eigenvalue weighted by molar-refractivity contribution is 5.86. The molecule has 3 aromatic carbocycles. The van der Waals surface area contributed by atoms with Gasteiger partial charge in [0.1, 0.15) is 6.61 Å². The molecule has 2 N–H and O–H groups in total. The molecule has 0 aliphatic carbocycles. The van der Waals surface area contributed by atoms with Crippen molar-refractivity contribution in [3.8, 4) is 0 Å². The Morgan fingerprint density at radius 2 is 1.35 bits per heavy atom. The molecule has 0 fully saturated rings. The Hall–Kier alpha value is -4.53. The minimum Gasteiger partial charge on any atom is -0.463 e. The highest BCUT2D eigenvalue weighted by Gasteiger charge is 2.27. The number of carbonyl (C=O) groups is 3. The molecule has 2 amide bonds. The van der Waals surface area contributed by atoms with Gasteiger partial charge >= 0.3 is 5.97 Å². The van der Waals surface area contributed by atoms with Gasteiger partial charge < -0.3 is 24.8 Å². The van der Waals surface area contributed by atoms with Crippen LogP contribution < -0.4 is 5.32 Å². The molecular weight excluding hydrogens is 580 g/mol. The zero-order valence-corrected chi connectivity index (χ0v) is 26.5. The summed E-state index contributed by atoms with van der Waals surface area (Å²) in [6.07, 6.45) is 4.46. The fourth-order valence-electron chi connectivity index (χ4n) is 5.05. The maximum absolute atomic E-state index is 13.6. The van der Waals surface area contributed by atoms with E-state index in [1.54, 1.807) is 17.1 Å². The van der Waals surface area contributed by atoms with Crippen LogP contribution in [0.3, 0.4) is 0 Å². The summed E-state index contributed by atoms with van der Waals surface area (Å²) in [6.45, 7) is 8.18. The van der Waals surface area contributed by atoms with Gasteiger partial charge in [0.05, 0.1) is 37.7 Å². The Labute approximate surface area is 272 Å². The second-order valence-electron chi connectivity index (χ2n) is 11.2. The quantitative estimate of drug-likeness (QED) is 0.123. The molecule has 0 aliphatic heterocycles. The lowest BCUT2D eigenvalue weighted by atomic mass is 9.96. The molecular formula is C38H46N2O6. The van der Waals surface area contributed by atoms with E-state index in [9.17, 15) is 19.5 Å². The van der Waals surface area contributed by atoms with Crippen molar-refractivity contribution < 1.29 is 29.0 Å². The van der Waals surface area contributed by atoms with Crippen molar-refractivity contribution in [2.24, 2.45) is 11.8 Å². The summed E-state index contributed by atoms with van der Waals surface area (Å²) >= 11 is 0. The molecule has 0 spiro atoms. The average Bonchev–Trinajstić information content (AvgIpc) is 3.07. The third kappa shape index (κ3) is 12.8. The van der Waals surface area contributed by atoms with Crippen LogP contribution in [0.15, 0.2) is 116 Å². The van der Waals surface area contributed by atoms with Crippen molar-refractivity contribution in [1.29, 1.82) is 0 Å². The van der Waals surface area contributed by atoms with Gasteiger partial charge in [-0.05, 0) is 36.0 Å². The number of aliphatic hydroxyl groups excluding tert-OH is 1. The Morgan fingerprint density at radius 1 is 0.783 bits per heavy atom. The van der Waals surface area contributed by atoms with E-state index in [0.717, 1.165) is 16.7 Å². The van der Waals surface area contributed by atoms with Gasteiger partial charge in [0.2, 0.25) is 11.8 Å². The first-order valence-electron chi connectivity index (χ1n) is 15.7. The fraction of sp³-hybridized carbons (Fsp3) is 0.342. The smallest absolute Gasteiger partial charge is 0.309 e. The molecule has 244 valence electrons. The summed E-state index contributed by atoms with van der Waals surface area (Å²) in [4.78, 5) is 41.7. The lowest BCUT2D eigenvalue weighted by molar-refractivity contribution is -0.150. The van der Waals surface area contributed by atoms with Gasteiger partial charge in [0.15, 0.2) is 0 Å². The number of carbonyl (C=O) groups excluding carboxylic acids is 3. The van der Waals surface area contributed by atoms with E-state index in [-0.39, 0.29) is 57.0 Å². The maximum atomic E-state index is 13.6. The molecule has 8 heteroatoms. The molecule has 0 aliphatic rings. The van der Waals surface area contributed by atoms with Gasteiger partial charge in [-0.25, -0.2) is 0 Å². The zero-order chi connectivity index (χ0) is 33.0. The normalized spacial score (nSPS) is 12.7. The lowest BCUT2D eigenvalue weighted by Crippen LogP contribution is -2.46. The van der Waals surface area contributed by atoms with Gasteiger partial charge in [0.25, 0.3) is 0 Å². The van der Waals surface area contributed by atoms with E-state index in [2.05, 4.69) is 18.5 Å². The van der Waals surface area contributed by atoms with E-state index in [1.807, 2.05) is 91.0 Å². The van der Waals surface area contributed by atoms with Gasteiger partial charge in [0, 0.05) is 19.5 Å². The number of nitrogens with zero attached hydrogens (tertiary/aromatic N) is 1. The summed E-state index contributed by atoms with van der Waals surface area (Å²) in [5, 5.41) is 12.6. The van der Waals surface area contributed by atoms with Crippen LogP contribution in [0.1, 0.15) is 36.0 Å². The average molecular weight is 627 g/mol. The molecule has 3 aromatic rings. The van der Waals surface area contributed by atoms with Gasteiger partial charge in [-0.15, -0.1) is 13.2 Å². The largest absolute Gasteiger partial charge is 0.463 e. The molecule has 0 aromatic heterocycles. The van der Waals surface area contributed by atoms with Crippen LogP contribution in [-0.4, -0.2) is 60.2 Å². The van der Waals surface area contributed by atoms with Crippen LogP contribution in [0.4, 0.5) is 0 Å². The number of benzene rings is 3. The number of allylic oxidation sites excluding steroid dienone is 2. The summed E-state index contributed by atoms with van der Waals surface area (Å²) < 4.78 is 11.7. The van der Waals surface area contributed by atoms with Crippen LogP contribution in [-0.2, 0) is 43.4 Å². The minimum atomic E-state index is -0.708. The van der Waals surface area contributed by atoms with Crippen LogP contribution in [0.2, 0.25) is 0 Å². The number of hydrogen-bond donors (Lipinski definition) is 2. The van der Waals surface area contributed by atoms with Crippen LogP contribution in [0.5, 0.6) is 0 Å². The van der Waals surface area contributed by atoms with Crippen molar-refractivity contribution in [2.75, 3.05) is 26.4 Å². The molecule has 0 radical (unpaired) electrons. The molecule has 0 heterocycles. The Morgan fingerprint density at radius 3 is 1.93 bits per heavy atom. The molecule has 3 unspecified atom stereocenters. The number of ether oxygens (including phenoxy) is 2. The number of nitrogens with one attached hydrogen (secondary N) is 1. The first-order valence-corrected chi connectivity index (χ1v) is 15.7. The van der Waals surface area contributed by atoms with Crippen LogP contribution in [0.25, 0.3) is 0 Å². The maximum Gasteiger partial charge on any atom is 0.309 e. The first-order chi connectivity index (χ1) is 22.4. The first kappa shape index (κ1) is 35.9. The van der Waals surface area contributed by atoms with Gasteiger partial charge in [-0.3, -0.25) is 14.4 Å². The molecule has 0 bridgehead atoms. The molecule has 8 nitrogen and oxygen atoms in total. The van der Waals surface area contributed by atoms with Crippen LogP contribution >= 0.6 is 0 Å². The van der Waals surface area contributed by atoms with Gasteiger partial charge in [-0.1, -0.05) is 103 Å². The topological polar surface area (TPSA) is 105 Å². The minimum absolute atomic E-state index is 0.0689. The van der Waals surface area contributed by atoms with Crippen LogP contribution in [0, 0.1) is 11.8 Å². The summed E-state index contributed by atoms with van der Waals surface area (Å²) in [5.41, 5.74) is 2.91. The predicted octanol–water partition coefficient (Wildman–Crippen LogP) is 5.27. The van der Waals surface area contributed by atoms with Crippen molar-refractivity contribution in [3.05, 3.63) is 133 Å². The summed E-state index contributed by atoms with van der Waals surface area (Å²) in [6, 6.07) is 28.2. The highest BCUT2D eigenvalue weighted by Crippen LogP contribution is 2.17. The van der Waals surface area contributed by atoms with Crippen molar-refractivity contribution in [3.63, 3.8) is 0 Å². The Balaban J connectivity index is 1.68. The second kappa shape index (κ2) is 20.5. The molecule has 0 saturated carbocycles. The fourth-order valence-corrected chi connectivity index (χ4v) is 5.05. The van der Waals surface area contributed by atoms with E-state index in [1.165, 1.54) is 0 Å². The van der Waals surface area contributed by atoms with E-state index < -0.39 is 17.9 Å². The Kier molecular flexibility index (Phi) is 16.0. The number of hydrogen-bond acceptors (Lipinski definition) is 6. The standard InChI is InChI=1S/C38H46N2O6/c1-3-14-33(25-36(42)40(22-23-41)26-31-18-10-6-11-19-31)37(43)39-35(28-45-27-32-20-12-7-13-21-32)29-46-38(44)34(15-4-2)24-30-16-8-5-9-17-30/h3-13,16-21,33-35,41H,1-2,14-15,22-29H2,(H,39,43). The third-order valence-electron chi connectivity index (χ3n) is 7.50. The van der Waals surface area contributed by atoms with Crippen molar-refractivity contribution >= 4 is 17.8 Å². The summed E-state index contributed by atoms with van der Waals surface area (Å²) in [7, 11) is 0. The monoisotopic (exact) mass is 626 g/mol. The SMILES string of the molecule is C=CCC(CC(=O)N(CCO)Cc1ccccc1)C(=O)NC(COCc1ccccc1)COC(=O)C(CC=C)Cc1ccccc1. The number of esters is 1. The van der Waals surface area contributed by atoms with Crippen molar-refractivity contribution in [1.82, 2.24) is 10.2 Å².